The average Bonchev–Trinajstić information content (AvgIpc) is 3.15. The molecular weight excluding hydrogens is 462 g/mol. The van der Waals surface area contributed by atoms with E-state index in [0.717, 1.165) is 49.1 Å². The van der Waals surface area contributed by atoms with E-state index >= 15 is 0 Å². The molecule has 3 heterocycles. The molecule has 1 N–H and O–H groups in total. The Morgan fingerprint density at radius 1 is 1.25 bits per heavy atom. The molecule has 6 nitrogen and oxygen atoms in total. The van der Waals surface area contributed by atoms with Crippen molar-refractivity contribution in [3.8, 4) is 0 Å². The zero-order chi connectivity index (χ0) is 20.1. The van der Waals surface area contributed by atoms with Crippen molar-refractivity contribution in [2.24, 2.45) is 5.92 Å². The smallest absolute Gasteiger partial charge is 0.252 e. The van der Waals surface area contributed by atoms with Gasteiger partial charge in [-0.05, 0) is 66.7 Å². The predicted octanol–water partition coefficient (Wildman–Crippen LogP) is 3.29. The minimum absolute atomic E-state index is 0.0132. The number of likely N-dealkylation sites (tertiary alicyclic amines) is 1. The number of amides is 1. The third kappa shape index (κ3) is 5.56. The first-order valence-electron chi connectivity index (χ1n) is 10.2. The van der Waals surface area contributed by atoms with Gasteiger partial charge in [0.15, 0.2) is 0 Å². The van der Waals surface area contributed by atoms with Gasteiger partial charge in [0, 0.05) is 32.2 Å². The van der Waals surface area contributed by atoms with Crippen molar-refractivity contribution in [3.63, 3.8) is 0 Å². The summed E-state index contributed by atoms with van der Waals surface area (Å²) >= 11 is 4.54. The summed E-state index contributed by atoms with van der Waals surface area (Å²) in [4.78, 5) is 15.3. The quantitative estimate of drug-likeness (QED) is 0.634. The summed E-state index contributed by atoms with van der Waals surface area (Å²) in [5.41, 5.74) is 0. The normalized spacial score (nSPS) is 23.0. The minimum Gasteiger partial charge on any atom is -0.353 e. The molecule has 0 saturated carbocycles. The maximum atomic E-state index is 12.9. The van der Waals surface area contributed by atoms with Crippen molar-refractivity contribution in [2.45, 2.75) is 55.7 Å². The second kappa shape index (κ2) is 10.0. The number of hydrogen-bond donors (Lipinski definition) is 1. The van der Waals surface area contributed by atoms with Gasteiger partial charge in [0.25, 0.3) is 10.0 Å². The molecule has 28 heavy (non-hydrogen) atoms. The van der Waals surface area contributed by atoms with E-state index in [4.69, 9.17) is 0 Å². The lowest BCUT2D eigenvalue weighted by molar-refractivity contribution is -0.127. The van der Waals surface area contributed by atoms with Crippen LogP contribution in [0.5, 0.6) is 0 Å². The van der Waals surface area contributed by atoms with Crippen molar-refractivity contribution in [1.82, 2.24) is 14.5 Å². The number of hydrogen-bond acceptors (Lipinski definition) is 5. The number of halogens is 1. The molecule has 0 bridgehead atoms. The van der Waals surface area contributed by atoms with Crippen molar-refractivity contribution in [3.05, 3.63) is 15.9 Å². The van der Waals surface area contributed by atoms with Gasteiger partial charge in [0.1, 0.15) is 4.21 Å². The first-order valence-corrected chi connectivity index (χ1v) is 13.2. The number of thiophene rings is 1. The van der Waals surface area contributed by atoms with Crippen molar-refractivity contribution in [1.29, 1.82) is 0 Å². The number of carbonyl (C=O) groups excluding carboxylic acids is 1. The Labute approximate surface area is 180 Å². The van der Waals surface area contributed by atoms with Crippen LogP contribution in [0.15, 0.2) is 20.1 Å². The summed E-state index contributed by atoms with van der Waals surface area (Å²) in [7, 11) is -3.52. The molecule has 1 unspecified atom stereocenters. The van der Waals surface area contributed by atoms with Crippen LogP contribution in [-0.2, 0) is 14.8 Å². The largest absolute Gasteiger partial charge is 0.353 e. The number of carbonyl (C=O) groups is 1. The molecular formula is C19H30BrN3O3S2. The molecule has 158 valence electrons. The van der Waals surface area contributed by atoms with E-state index in [-0.39, 0.29) is 24.4 Å². The Morgan fingerprint density at radius 2 is 2.00 bits per heavy atom. The Kier molecular flexibility index (Phi) is 7.95. The Bertz CT molecular complexity index is 760. The highest BCUT2D eigenvalue weighted by Gasteiger charge is 2.35. The van der Waals surface area contributed by atoms with Gasteiger partial charge in [0.2, 0.25) is 5.91 Å². The second-order valence-electron chi connectivity index (χ2n) is 7.74. The maximum Gasteiger partial charge on any atom is 0.252 e. The van der Waals surface area contributed by atoms with Crippen LogP contribution in [0.2, 0.25) is 0 Å². The average molecular weight is 493 g/mol. The Balaban J connectivity index is 1.52. The molecule has 0 aromatic carbocycles. The van der Waals surface area contributed by atoms with Crippen LogP contribution in [0, 0.1) is 5.92 Å². The molecule has 2 aliphatic heterocycles. The molecule has 3 rings (SSSR count). The van der Waals surface area contributed by atoms with Crippen molar-refractivity contribution >= 4 is 43.2 Å². The van der Waals surface area contributed by atoms with Crippen LogP contribution in [0.1, 0.15) is 45.4 Å². The van der Waals surface area contributed by atoms with E-state index in [1.807, 2.05) is 0 Å². The Morgan fingerprint density at radius 3 is 2.64 bits per heavy atom. The highest BCUT2D eigenvalue weighted by Crippen LogP contribution is 2.31. The molecule has 0 radical (unpaired) electrons. The molecule has 1 amide bonds. The molecule has 1 aromatic heterocycles. The summed E-state index contributed by atoms with van der Waals surface area (Å²) in [6.07, 6.45) is 5.87. The highest BCUT2D eigenvalue weighted by molar-refractivity contribution is 9.11. The zero-order valence-electron chi connectivity index (χ0n) is 16.4. The monoisotopic (exact) mass is 491 g/mol. The number of sulfonamides is 1. The van der Waals surface area contributed by atoms with Crippen LogP contribution >= 0.6 is 27.3 Å². The van der Waals surface area contributed by atoms with Crippen LogP contribution in [-0.4, -0.2) is 62.3 Å². The van der Waals surface area contributed by atoms with E-state index in [1.165, 1.54) is 28.5 Å². The number of unbranched alkanes of at least 4 members (excludes halogenated alkanes) is 1. The standard InChI is InChI=1S/C19H30BrN3O3S2/c1-2-3-10-22-12-8-16(9-13-22)21-19(24)15-5-4-11-23(14-15)28(25,26)18-7-6-17(20)27-18/h6-7,15-16H,2-5,8-14H2,1H3,(H,21,24). The number of piperidine rings is 2. The zero-order valence-corrected chi connectivity index (χ0v) is 19.6. The van der Waals surface area contributed by atoms with Gasteiger partial charge in [-0.1, -0.05) is 13.3 Å². The third-order valence-electron chi connectivity index (χ3n) is 5.66. The van der Waals surface area contributed by atoms with Gasteiger partial charge in [-0.3, -0.25) is 4.79 Å². The molecule has 1 atom stereocenters. The van der Waals surface area contributed by atoms with E-state index < -0.39 is 10.0 Å². The summed E-state index contributed by atoms with van der Waals surface area (Å²) in [6, 6.07) is 3.59. The van der Waals surface area contributed by atoms with Gasteiger partial charge in [-0.2, -0.15) is 4.31 Å². The van der Waals surface area contributed by atoms with E-state index in [9.17, 15) is 13.2 Å². The topological polar surface area (TPSA) is 69.7 Å². The number of nitrogens with one attached hydrogen (secondary N) is 1. The van der Waals surface area contributed by atoms with E-state index in [0.29, 0.717) is 10.8 Å². The number of nitrogens with zero attached hydrogens (tertiary/aromatic N) is 2. The van der Waals surface area contributed by atoms with Crippen LogP contribution < -0.4 is 5.32 Å². The van der Waals surface area contributed by atoms with Crippen LogP contribution in [0.25, 0.3) is 0 Å². The molecule has 2 fully saturated rings. The first-order chi connectivity index (χ1) is 13.4. The lowest BCUT2D eigenvalue weighted by atomic mass is 9.97. The maximum absolute atomic E-state index is 12.9. The van der Waals surface area contributed by atoms with Gasteiger partial charge in [-0.25, -0.2) is 8.42 Å². The number of rotatable bonds is 7. The summed E-state index contributed by atoms with van der Waals surface area (Å²) in [5, 5.41) is 3.19. The van der Waals surface area contributed by atoms with Crippen molar-refractivity contribution < 1.29 is 13.2 Å². The molecule has 2 aliphatic rings. The van der Waals surface area contributed by atoms with Gasteiger partial charge < -0.3 is 10.2 Å². The lowest BCUT2D eigenvalue weighted by Crippen LogP contribution is -2.50. The summed E-state index contributed by atoms with van der Waals surface area (Å²) in [5.74, 6) is -0.246. The third-order valence-corrected chi connectivity index (χ3v) is 9.62. The SMILES string of the molecule is CCCCN1CCC(NC(=O)C2CCCN(S(=O)(=O)c3ccc(Br)s3)C2)CC1. The molecule has 9 heteroatoms. The minimum atomic E-state index is -3.52. The fourth-order valence-corrected chi connectivity index (χ4v) is 7.63. The van der Waals surface area contributed by atoms with E-state index in [1.54, 1.807) is 12.1 Å². The van der Waals surface area contributed by atoms with E-state index in [2.05, 4.69) is 33.1 Å². The molecule has 0 aliphatic carbocycles. The van der Waals surface area contributed by atoms with Crippen molar-refractivity contribution in [2.75, 3.05) is 32.7 Å². The fraction of sp³-hybridized carbons (Fsp3) is 0.737. The van der Waals surface area contributed by atoms with Gasteiger partial charge in [-0.15, -0.1) is 11.3 Å². The van der Waals surface area contributed by atoms with Gasteiger partial charge in [0.05, 0.1) is 9.70 Å². The summed E-state index contributed by atoms with van der Waals surface area (Å²) < 4.78 is 28.3. The molecule has 1 aromatic rings. The highest BCUT2D eigenvalue weighted by atomic mass is 79.9. The van der Waals surface area contributed by atoms with Gasteiger partial charge >= 0.3 is 0 Å². The molecule has 2 saturated heterocycles. The predicted molar refractivity (Wildman–Crippen MR) is 116 cm³/mol. The second-order valence-corrected chi connectivity index (χ2v) is 12.4. The Hall–Kier alpha value is -0.480. The lowest BCUT2D eigenvalue weighted by Gasteiger charge is -2.35. The first kappa shape index (κ1) is 22.2. The molecule has 0 spiro atoms. The van der Waals surface area contributed by atoms with Crippen LogP contribution in [0.4, 0.5) is 0 Å². The fourth-order valence-electron chi connectivity index (χ4n) is 3.94. The summed E-state index contributed by atoms with van der Waals surface area (Å²) in [6.45, 7) is 6.17. The van der Waals surface area contributed by atoms with Crippen LogP contribution in [0.3, 0.4) is 0 Å².